The van der Waals surface area contributed by atoms with E-state index in [0.29, 0.717) is 17.7 Å². The molecule has 1 aromatic heterocycles. The van der Waals surface area contributed by atoms with Gasteiger partial charge in [0.25, 0.3) is 0 Å². The fourth-order valence-electron chi connectivity index (χ4n) is 4.78. The van der Waals surface area contributed by atoms with Crippen LogP contribution >= 0.6 is 0 Å². The maximum absolute atomic E-state index is 13.2. The molecule has 1 fully saturated rings. The summed E-state index contributed by atoms with van der Waals surface area (Å²) < 4.78 is 5.54. The Morgan fingerprint density at radius 2 is 1.88 bits per heavy atom. The molecule has 34 heavy (non-hydrogen) atoms. The van der Waals surface area contributed by atoms with E-state index in [1.54, 1.807) is 13.3 Å². The van der Waals surface area contributed by atoms with Gasteiger partial charge in [-0.15, -0.1) is 0 Å². The average molecular weight is 461 g/mol. The van der Waals surface area contributed by atoms with E-state index in [1.165, 1.54) is 0 Å². The first kappa shape index (κ1) is 24.0. The number of anilines is 2. The summed E-state index contributed by atoms with van der Waals surface area (Å²) in [5.74, 6) is 1.15. The minimum Gasteiger partial charge on any atom is -0.496 e. The van der Waals surface area contributed by atoms with Crippen LogP contribution in [0.25, 0.3) is 22.0 Å². The Morgan fingerprint density at radius 1 is 1.15 bits per heavy atom. The lowest BCUT2D eigenvalue weighted by molar-refractivity contribution is 0.0968. The highest BCUT2D eigenvalue weighted by Gasteiger charge is 2.23. The van der Waals surface area contributed by atoms with Crippen molar-refractivity contribution in [3.05, 3.63) is 47.7 Å². The van der Waals surface area contributed by atoms with Crippen LogP contribution < -0.4 is 21.5 Å². The van der Waals surface area contributed by atoms with E-state index in [9.17, 15) is 4.79 Å². The molecule has 1 aliphatic carbocycles. The van der Waals surface area contributed by atoms with Gasteiger partial charge in [-0.25, -0.2) is 0 Å². The minimum absolute atomic E-state index is 0.117. The quantitative estimate of drug-likeness (QED) is 0.308. The second-order valence-corrected chi connectivity index (χ2v) is 9.95. The molecule has 1 saturated carbocycles. The summed E-state index contributed by atoms with van der Waals surface area (Å²) in [5.41, 5.74) is 18.4. The van der Waals surface area contributed by atoms with E-state index in [1.807, 2.05) is 31.2 Å². The maximum atomic E-state index is 13.2. The predicted octanol–water partition coefficient (Wildman–Crippen LogP) is 5.71. The molecule has 0 aliphatic heterocycles. The Kier molecular flexibility index (Phi) is 7.08. The van der Waals surface area contributed by atoms with Gasteiger partial charge in [0.2, 0.25) is 0 Å². The molecule has 2 aromatic carbocycles. The molecule has 0 spiro atoms. The number of nitrogen functional groups attached to an aromatic ring is 1. The number of hydrogen-bond acceptors (Lipinski definition) is 6. The Bertz CT molecular complexity index is 1200. The number of nitrogens with two attached hydrogens (primary N) is 2. The van der Waals surface area contributed by atoms with Crippen LogP contribution in [0, 0.1) is 12.8 Å². The zero-order valence-corrected chi connectivity index (χ0v) is 20.7. The van der Waals surface area contributed by atoms with Crippen molar-refractivity contribution in [2.24, 2.45) is 11.7 Å². The third-order valence-electron chi connectivity index (χ3n) is 6.84. The molecular weight excluding hydrogens is 424 g/mol. The number of carbonyl (C=O) groups excluding carboxylic acids is 1. The first-order valence-corrected chi connectivity index (χ1v) is 12.2. The number of nitrogens with zero attached hydrogens (tertiary/aromatic N) is 1. The number of ether oxygens (including phenoxy) is 1. The fourth-order valence-corrected chi connectivity index (χ4v) is 4.78. The molecule has 0 unspecified atom stereocenters. The van der Waals surface area contributed by atoms with E-state index in [4.69, 9.17) is 16.2 Å². The summed E-state index contributed by atoms with van der Waals surface area (Å²) in [4.78, 5) is 17.8. The monoisotopic (exact) mass is 460 g/mol. The van der Waals surface area contributed by atoms with E-state index in [0.717, 1.165) is 64.7 Å². The van der Waals surface area contributed by atoms with Crippen LogP contribution in [0.15, 0.2) is 36.5 Å². The largest absolute Gasteiger partial charge is 0.496 e. The SMILES string of the molecule is COc1cc(-c2ccc3ncc(C(=O)CC(C)C)c(NC4CCC(N)CC4)c3c2)cc(N)c1C. The standard InChI is InChI=1S/C28H36N4O2/c1-16(2)11-26(33)23-15-31-25-10-5-18(19-13-24(30)17(3)27(14-19)34-4)12-22(25)28(23)32-21-8-6-20(29)7-9-21/h5,10,12-16,20-21H,6-9,11,29-30H2,1-4H3,(H,31,32). The number of hydrogen-bond donors (Lipinski definition) is 3. The topological polar surface area (TPSA) is 103 Å². The van der Waals surface area contributed by atoms with Crippen LogP contribution in [0.4, 0.5) is 11.4 Å². The third kappa shape index (κ3) is 5.02. The van der Waals surface area contributed by atoms with Crippen molar-refractivity contribution in [2.75, 3.05) is 18.2 Å². The summed E-state index contributed by atoms with van der Waals surface area (Å²) in [6.07, 6.45) is 6.19. The smallest absolute Gasteiger partial charge is 0.166 e. The van der Waals surface area contributed by atoms with Crippen molar-refractivity contribution in [3.8, 4) is 16.9 Å². The summed E-state index contributed by atoms with van der Waals surface area (Å²) in [6.45, 7) is 6.08. The number of rotatable bonds is 7. The lowest BCUT2D eigenvalue weighted by atomic mass is 9.90. The fraction of sp³-hybridized carbons (Fsp3) is 0.429. The Morgan fingerprint density at radius 3 is 2.56 bits per heavy atom. The lowest BCUT2D eigenvalue weighted by Gasteiger charge is -2.29. The summed E-state index contributed by atoms with van der Waals surface area (Å²) in [6, 6.07) is 10.7. The lowest BCUT2D eigenvalue weighted by Crippen LogP contribution is -2.33. The molecule has 4 rings (SSSR count). The van der Waals surface area contributed by atoms with Gasteiger partial charge in [0, 0.05) is 41.3 Å². The first-order valence-electron chi connectivity index (χ1n) is 12.2. The van der Waals surface area contributed by atoms with E-state index >= 15 is 0 Å². The molecule has 180 valence electrons. The summed E-state index contributed by atoms with van der Waals surface area (Å²) in [7, 11) is 1.65. The number of ketones is 1. The van der Waals surface area contributed by atoms with Gasteiger partial charge < -0.3 is 21.5 Å². The molecule has 0 amide bonds. The van der Waals surface area contributed by atoms with Gasteiger partial charge in [-0.2, -0.15) is 0 Å². The number of aromatic nitrogens is 1. The van der Waals surface area contributed by atoms with Crippen molar-refractivity contribution in [1.82, 2.24) is 4.98 Å². The second kappa shape index (κ2) is 10.0. The van der Waals surface area contributed by atoms with Crippen LogP contribution in [0.1, 0.15) is 61.9 Å². The molecule has 0 bridgehead atoms. The molecule has 0 saturated heterocycles. The number of methoxy groups -OCH3 is 1. The van der Waals surface area contributed by atoms with Crippen molar-refractivity contribution in [3.63, 3.8) is 0 Å². The number of fused-ring (bicyclic) bond motifs is 1. The zero-order valence-electron chi connectivity index (χ0n) is 20.7. The Balaban J connectivity index is 1.83. The molecule has 3 aromatic rings. The number of Topliss-reactive ketones (excluding diaryl/α,β-unsaturated/α-hetero) is 1. The molecule has 1 heterocycles. The number of pyridine rings is 1. The normalized spacial score (nSPS) is 18.3. The van der Waals surface area contributed by atoms with Crippen LogP contribution in [0.3, 0.4) is 0 Å². The second-order valence-electron chi connectivity index (χ2n) is 9.95. The average Bonchev–Trinajstić information content (AvgIpc) is 2.81. The molecule has 1 aliphatic rings. The minimum atomic E-state index is 0.117. The predicted molar refractivity (Wildman–Crippen MR) is 141 cm³/mol. The molecular formula is C28H36N4O2. The van der Waals surface area contributed by atoms with Crippen molar-refractivity contribution in [1.29, 1.82) is 0 Å². The van der Waals surface area contributed by atoms with Crippen molar-refractivity contribution < 1.29 is 9.53 Å². The molecule has 5 N–H and O–H groups in total. The Labute approximate surface area is 202 Å². The van der Waals surface area contributed by atoms with Gasteiger partial charge in [-0.05, 0) is 73.9 Å². The van der Waals surface area contributed by atoms with Crippen LogP contribution in [0.5, 0.6) is 5.75 Å². The third-order valence-corrected chi connectivity index (χ3v) is 6.84. The molecule has 6 nitrogen and oxygen atoms in total. The van der Waals surface area contributed by atoms with Crippen LogP contribution in [0.2, 0.25) is 0 Å². The summed E-state index contributed by atoms with van der Waals surface area (Å²) in [5, 5.41) is 4.67. The van der Waals surface area contributed by atoms with E-state index < -0.39 is 0 Å². The highest BCUT2D eigenvalue weighted by atomic mass is 16.5. The Hall–Kier alpha value is -3.12. The molecule has 0 radical (unpaired) electrons. The van der Waals surface area contributed by atoms with Crippen LogP contribution in [-0.2, 0) is 0 Å². The van der Waals surface area contributed by atoms with Gasteiger partial charge in [-0.3, -0.25) is 9.78 Å². The van der Waals surface area contributed by atoms with Crippen molar-refractivity contribution in [2.45, 2.75) is 65.0 Å². The van der Waals surface area contributed by atoms with Gasteiger partial charge in [0.15, 0.2) is 5.78 Å². The van der Waals surface area contributed by atoms with Gasteiger partial charge in [-0.1, -0.05) is 19.9 Å². The van der Waals surface area contributed by atoms with E-state index in [2.05, 4.69) is 30.2 Å². The number of carbonyl (C=O) groups is 1. The van der Waals surface area contributed by atoms with E-state index in [-0.39, 0.29) is 23.8 Å². The van der Waals surface area contributed by atoms with Gasteiger partial charge >= 0.3 is 0 Å². The maximum Gasteiger partial charge on any atom is 0.166 e. The van der Waals surface area contributed by atoms with Crippen LogP contribution in [-0.4, -0.2) is 30.0 Å². The van der Waals surface area contributed by atoms with Gasteiger partial charge in [0.05, 0.1) is 23.9 Å². The summed E-state index contributed by atoms with van der Waals surface area (Å²) >= 11 is 0. The first-order chi connectivity index (χ1) is 16.3. The zero-order chi connectivity index (χ0) is 24.4. The molecule has 0 atom stereocenters. The number of nitrogens with one attached hydrogen (secondary N) is 1. The number of benzene rings is 2. The highest BCUT2D eigenvalue weighted by molar-refractivity contribution is 6.08. The highest BCUT2D eigenvalue weighted by Crippen LogP contribution is 2.36. The van der Waals surface area contributed by atoms with Crippen molar-refractivity contribution >= 4 is 28.1 Å². The molecule has 6 heteroatoms. The van der Waals surface area contributed by atoms with Gasteiger partial charge in [0.1, 0.15) is 5.75 Å².